The molecule has 0 aliphatic heterocycles. The van der Waals surface area contributed by atoms with Gasteiger partial charge in [-0.05, 0) is 6.92 Å². The van der Waals surface area contributed by atoms with Gasteiger partial charge >= 0.3 is 18.9 Å². The minimum Gasteiger partial charge on any atom is -0.499 e. The Morgan fingerprint density at radius 1 is 1.36 bits per heavy atom. The van der Waals surface area contributed by atoms with Crippen LogP contribution in [-0.2, 0) is 0 Å². The van der Waals surface area contributed by atoms with Gasteiger partial charge in [0.25, 0.3) is 0 Å². The molecule has 0 spiro atoms. The molecule has 1 rings (SSSR count). The summed E-state index contributed by atoms with van der Waals surface area (Å²) in [4.78, 5) is 0. The number of hydrogen-bond donors (Lipinski definition) is 0. The first kappa shape index (κ1) is 10.5. The molecule has 1 nitrogen and oxygen atoms in total. The molecule has 0 radical (unpaired) electrons. The Morgan fingerprint density at radius 3 is 2.45 bits per heavy atom. The Kier molecular flexibility index (Phi) is 4.18. The molecule has 0 atom stereocenters. The summed E-state index contributed by atoms with van der Waals surface area (Å²) in [7, 11) is 1.67. The predicted octanol–water partition coefficient (Wildman–Crippen LogP) is -0.810. The van der Waals surface area contributed by atoms with Gasteiger partial charge in [-0.3, -0.25) is 0 Å². The molecule has 0 heterocycles. The summed E-state index contributed by atoms with van der Waals surface area (Å²) in [6.07, 6.45) is 0. The Bertz CT molecular complexity index is 233. The zero-order valence-corrected chi connectivity index (χ0v) is 7.35. The monoisotopic (exact) mass is 142 g/mol. The van der Waals surface area contributed by atoms with Crippen LogP contribution in [0.15, 0.2) is 18.2 Å². The first-order valence-corrected chi connectivity index (χ1v) is 3.20. The van der Waals surface area contributed by atoms with Crippen LogP contribution in [0.25, 0.3) is 0 Å². The van der Waals surface area contributed by atoms with Crippen molar-refractivity contribution in [2.24, 2.45) is 0 Å². The second kappa shape index (κ2) is 4.38. The van der Waals surface area contributed by atoms with Crippen molar-refractivity contribution in [3.05, 3.63) is 36.2 Å². The van der Waals surface area contributed by atoms with Crippen LogP contribution in [0.5, 0.6) is 5.75 Å². The van der Waals surface area contributed by atoms with Crippen LogP contribution in [0.4, 0.5) is 0 Å². The Hall–Kier alpha value is -0.513. The van der Waals surface area contributed by atoms with Gasteiger partial charge in [0.2, 0.25) is 0 Å². The number of aryl methyl sites for hydroxylation is 1. The molecular formula is C9H11LiO. The molecule has 54 valence electrons. The minimum atomic E-state index is 0. The third-order valence-electron chi connectivity index (χ3n) is 1.46. The van der Waals surface area contributed by atoms with Gasteiger partial charge in [0.1, 0.15) is 0 Å². The van der Waals surface area contributed by atoms with Crippen molar-refractivity contribution >= 4 is 0 Å². The normalized spacial score (nSPS) is 8.55. The zero-order chi connectivity index (χ0) is 7.56. The van der Waals surface area contributed by atoms with E-state index in [1.165, 1.54) is 0 Å². The van der Waals surface area contributed by atoms with Gasteiger partial charge in [-0.25, -0.2) is 0 Å². The maximum Gasteiger partial charge on any atom is 1.00 e. The van der Waals surface area contributed by atoms with E-state index < -0.39 is 0 Å². The van der Waals surface area contributed by atoms with E-state index in [4.69, 9.17) is 4.74 Å². The molecule has 0 N–H and O–H groups in total. The average Bonchev–Trinajstić information content (AvgIpc) is 1.88. The van der Waals surface area contributed by atoms with Crippen molar-refractivity contribution in [3.63, 3.8) is 0 Å². The third kappa shape index (κ3) is 2.53. The van der Waals surface area contributed by atoms with Gasteiger partial charge in [-0.15, -0.1) is 0 Å². The van der Waals surface area contributed by atoms with Crippen molar-refractivity contribution < 1.29 is 23.6 Å². The summed E-state index contributed by atoms with van der Waals surface area (Å²) in [6, 6.07) is 5.86. The first-order valence-electron chi connectivity index (χ1n) is 3.20. The maximum atomic E-state index is 5.07. The Morgan fingerprint density at radius 2 is 2.00 bits per heavy atom. The van der Waals surface area contributed by atoms with Crippen molar-refractivity contribution in [1.82, 2.24) is 0 Å². The van der Waals surface area contributed by atoms with Gasteiger partial charge in [0, 0.05) is 0 Å². The molecule has 0 unspecified atom stereocenters. The Balaban J connectivity index is 0.000001000. The van der Waals surface area contributed by atoms with E-state index in [0.717, 1.165) is 16.9 Å². The van der Waals surface area contributed by atoms with E-state index >= 15 is 0 Å². The van der Waals surface area contributed by atoms with E-state index in [1.807, 2.05) is 25.1 Å². The number of rotatable bonds is 1. The molecule has 1 aromatic rings. The fourth-order valence-corrected chi connectivity index (χ4v) is 0.941. The summed E-state index contributed by atoms with van der Waals surface area (Å²) in [5.74, 6) is 0.924. The van der Waals surface area contributed by atoms with Crippen LogP contribution in [0.2, 0.25) is 0 Å². The summed E-state index contributed by atoms with van der Waals surface area (Å²) in [5.41, 5.74) is 2.16. The zero-order valence-electron chi connectivity index (χ0n) is 7.35. The summed E-state index contributed by atoms with van der Waals surface area (Å²) < 4.78 is 5.07. The third-order valence-corrected chi connectivity index (χ3v) is 1.46. The molecule has 1 aromatic carbocycles. The first-order chi connectivity index (χ1) is 4.74. The van der Waals surface area contributed by atoms with Crippen LogP contribution >= 0.6 is 0 Å². The molecular weight excluding hydrogens is 131 g/mol. The summed E-state index contributed by atoms with van der Waals surface area (Å²) in [5, 5.41) is 0. The van der Waals surface area contributed by atoms with E-state index in [9.17, 15) is 0 Å². The van der Waals surface area contributed by atoms with Crippen LogP contribution in [0, 0.1) is 13.8 Å². The molecule has 2 heteroatoms. The van der Waals surface area contributed by atoms with Crippen molar-refractivity contribution in [2.45, 2.75) is 6.92 Å². The van der Waals surface area contributed by atoms with E-state index in [-0.39, 0.29) is 18.9 Å². The number of hydrogen-bond acceptors (Lipinski definition) is 1. The molecule has 0 saturated carbocycles. The van der Waals surface area contributed by atoms with Crippen LogP contribution in [0.1, 0.15) is 11.1 Å². The SMILES string of the molecule is [CH2-]c1ccc(OC)c(C)c1.[Li+]. The van der Waals surface area contributed by atoms with Crippen LogP contribution in [-0.4, -0.2) is 7.11 Å². The van der Waals surface area contributed by atoms with Crippen molar-refractivity contribution in [3.8, 4) is 5.75 Å². The van der Waals surface area contributed by atoms with Crippen LogP contribution < -0.4 is 23.6 Å². The average molecular weight is 142 g/mol. The summed E-state index contributed by atoms with van der Waals surface area (Å²) >= 11 is 0. The van der Waals surface area contributed by atoms with Gasteiger partial charge in [0.05, 0.1) is 12.9 Å². The minimum absolute atomic E-state index is 0. The van der Waals surface area contributed by atoms with Gasteiger partial charge in [0.15, 0.2) is 0 Å². The van der Waals surface area contributed by atoms with E-state index in [1.54, 1.807) is 7.11 Å². The maximum absolute atomic E-state index is 5.07. The second-order valence-corrected chi connectivity index (χ2v) is 2.30. The fourth-order valence-electron chi connectivity index (χ4n) is 0.941. The topological polar surface area (TPSA) is 9.23 Å². The van der Waals surface area contributed by atoms with Gasteiger partial charge in [-0.1, -0.05) is 11.6 Å². The molecule has 0 aliphatic carbocycles. The molecule has 0 saturated heterocycles. The van der Waals surface area contributed by atoms with E-state index in [2.05, 4.69) is 6.92 Å². The predicted molar refractivity (Wildman–Crippen MR) is 42.2 cm³/mol. The van der Waals surface area contributed by atoms with Crippen LogP contribution in [0.3, 0.4) is 0 Å². The molecule has 0 aliphatic rings. The van der Waals surface area contributed by atoms with Gasteiger partial charge < -0.3 is 4.74 Å². The molecule has 0 bridgehead atoms. The Labute approximate surface area is 79.9 Å². The smallest absolute Gasteiger partial charge is 0.499 e. The van der Waals surface area contributed by atoms with Crippen molar-refractivity contribution in [2.75, 3.05) is 7.11 Å². The largest absolute Gasteiger partial charge is 1.00 e. The standard InChI is InChI=1S/C9H11O.Li/c1-7-4-5-9(10-3)8(2)6-7;/h4-6H,1H2,2-3H3;/q-1;+1. The molecule has 0 aromatic heterocycles. The summed E-state index contributed by atoms with van der Waals surface area (Å²) in [6.45, 7) is 5.81. The molecule has 0 amide bonds. The molecule has 11 heavy (non-hydrogen) atoms. The van der Waals surface area contributed by atoms with Crippen molar-refractivity contribution in [1.29, 1.82) is 0 Å². The number of ether oxygens (including phenoxy) is 1. The van der Waals surface area contributed by atoms with E-state index in [0.29, 0.717) is 0 Å². The number of benzene rings is 1. The van der Waals surface area contributed by atoms with Gasteiger partial charge in [-0.2, -0.15) is 24.6 Å². The number of methoxy groups -OCH3 is 1. The quantitative estimate of drug-likeness (QED) is 0.368. The fraction of sp³-hybridized carbons (Fsp3) is 0.222. The molecule has 0 fully saturated rings. The second-order valence-electron chi connectivity index (χ2n) is 2.30.